The van der Waals surface area contributed by atoms with Crippen LogP contribution in [-0.2, 0) is 6.54 Å². The number of nitrogens with two attached hydrogens (primary N) is 1. The topological polar surface area (TPSA) is 55.1 Å². The van der Waals surface area contributed by atoms with E-state index in [-0.39, 0.29) is 5.91 Å². The van der Waals surface area contributed by atoms with E-state index >= 15 is 0 Å². The summed E-state index contributed by atoms with van der Waals surface area (Å²) in [5.74, 6) is 0.422. The van der Waals surface area contributed by atoms with Crippen molar-refractivity contribution in [2.75, 3.05) is 6.54 Å². The zero-order valence-corrected chi connectivity index (χ0v) is 11.4. The normalized spacial score (nSPS) is 10.8. The van der Waals surface area contributed by atoms with Crippen LogP contribution in [0, 0.1) is 5.92 Å². The molecular weight excluding hydrogens is 224 g/mol. The SMILES string of the molecule is CC(C)CCCCNCc1cccc(C(N)=O)c1. The first kappa shape index (κ1) is 14.7. The van der Waals surface area contributed by atoms with Gasteiger partial charge in [-0.25, -0.2) is 0 Å². The second kappa shape index (κ2) is 7.88. The molecule has 3 nitrogen and oxygen atoms in total. The molecular formula is C15H24N2O. The van der Waals surface area contributed by atoms with E-state index in [2.05, 4.69) is 19.2 Å². The van der Waals surface area contributed by atoms with Crippen LogP contribution in [0.3, 0.4) is 0 Å². The average Bonchev–Trinajstić information content (AvgIpc) is 2.33. The van der Waals surface area contributed by atoms with Crippen molar-refractivity contribution in [2.24, 2.45) is 11.7 Å². The molecule has 0 saturated heterocycles. The van der Waals surface area contributed by atoms with Gasteiger partial charge in [-0.05, 0) is 36.6 Å². The van der Waals surface area contributed by atoms with Gasteiger partial charge in [0.2, 0.25) is 5.91 Å². The molecule has 0 radical (unpaired) electrons. The first-order chi connectivity index (χ1) is 8.59. The van der Waals surface area contributed by atoms with Gasteiger partial charge in [-0.1, -0.05) is 38.8 Å². The first-order valence-corrected chi connectivity index (χ1v) is 6.69. The average molecular weight is 248 g/mol. The Morgan fingerprint density at radius 2 is 2.11 bits per heavy atom. The second-order valence-electron chi connectivity index (χ2n) is 5.13. The number of carbonyl (C=O) groups excluding carboxylic acids is 1. The second-order valence-corrected chi connectivity index (χ2v) is 5.13. The number of hydrogen-bond donors (Lipinski definition) is 2. The van der Waals surface area contributed by atoms with Crippen LogP contribution < -0.4 is 11.1 Å². The molecule has 18 heavy (non-hydrogen) atoms. The van der Waals surface area contributed by atoms with Gasteiger partial charge >= 0.3 is 0 Å². The predicted octanol–water partition coefficient (Wildman–Crippen LogP) is 2.70. The van der Waals surface area contributed by atoms with Crippen LogP contribution in [0.4, 0.5) is 0 Å². The van der Waals surface area contributed by atoms with E-state index in [0.717, 1.165) is 24.6 Å². The molecule has 0 spiro atoms. The number of rotatable bonds is 8. The monoisotopic (exact) mass is 248 g/mol. The molecule has 3 N–H and O–H groups in total. The maximum absolute atomic E-state index is 11.0. The maximum Gasteiger partial charge on any atom is 0.248 e. The molecule has 3 heteroatoms. The quantitative estimate of drug-likeness (QED) is 0.695. The van der Waals surface area contributed by atoms with Crippen molar-refractivity contribution >= 4 is 5.91 Å². The summed E-state index contributed by atoms with van der Waals surface area (Å²) in [5.41, 5.74) is 6.93. The molecule has 1 aromatic rings. The number of benzene rings is 1. The van der Waals surface area contributed by atoms with Crippen molar-refractivity contribution in [3.05, 3.63) is 35.4 Å². The molecule has 0 heterocycles. The van der Waals surface area contributed by atoms with Gasteiger partial charge in [0.1, 0.15) is 0 Å². The van der Waals surface area contributed by atoms with Crippen molar-refractivity contribution < 1.29 is 4.79 Å². The third-order valence-corrected chi connectivity index (χ3v) is 2.93. The number of primary amides is 1. The molecule has 0 bridgehead atoms. The highest BCUT2D eigenvalue weighted by atomic mass is 16.1. The highest BCUT2D eigenvalue weighted by molar-refractivity contribution is 5.92. The summed E-state index contributed by atoms with van der Waals surface area (Å²) in [6.07, 6.45) is 3.76. The van der Waals surface area contributed by atoms with Crippen molar-refractivity contribution in [1.29, 1.82) is 0 Å². The molecule has 0 atom stereocenters. The summed E-state index contributed by atoms with van der Waals surface area (Å²) in [6, 6.07) is 7.47. The predicted molar refractivity (Wildman–Crippen MR) is 75.4 cm³/mol. The zero-order valence-electron chi connectivity index (χ0n) is 11.4. The van der Waals surface area contributed by atoms with Gasteiger partial charge in [-0.15, -0.1) is 0 Å². The van der Waals surface area contributed by atoms with Gasteiger partial charge in [0.05, 0.1) is 0 Å². The number of amides is 1. The van der Waals surface area contributed by atoms with Crippen LogP contribution >= 0.6 is 0 Å². The van der Waals surface area contributed by atoms with Crippen molar-refractivity contribution in [3.8, 4) is 0 Å². The van der Waals surface area contributed by atoms with Crippen LogP contribution in [0.2, 0.25) is 0 Å². The van der Waals surface area contributed by atoms with E-state index < -0.39 is 0 Å². The van der Waals surface area contributed by atoms with Gasteiger partial charge in [-0.3, -0.25) is 4.79 Å². The number of nitrogens with one attached hydrogen (secondary N) is 1. The Kier molecular flexibility index (Phi) is 6.44. The van der Waals surface area contributed by atoms with Crippen LogP contribution in [-0.4, -0.2) is 12.5 Å². The Morgan fingerprint density at radius 1 is 1.33 bits per heavy atom. The summed E-state index contributed by atoms with van der Waals surface area (Å²) in [5, 5.41) is 3.39. The van der Waals surface area contributed by atoms with E-state index in [1.807, 2.05) is 18.2 Å². The Balaban J connectivity index is 2.23. The van der Waals surface area contributed by atoms with Crippen molar-refractivity contribution in [1.82, 2.24) is 5.32 Å². The van der Waals surface area contributed by atoms with Crippen molar-refractivity contribution in [3.63, 3.8) is 0 Å². The van der Waals surface area contributed by atoms with Gasteiger partial charge in [0, 0.05) is 12.1 Å². The minimum atomic E-state index is -0.367. The molecule has 0 aliphatic carbocycles. The lowest BCUT2D eigenvalue weighted by atomic mass is 10.1. The van der Waals surface area contributed by atoms with E-state index in [9.17, 15) is 4.79 Å². The van der Waals surface area contributed by atoms with Gasteiger partial charge < -0.3 is 11.1 Å². The fraction of sp³-hybridized carbons (Fsp3) is 0.533. The summed E-state index contributed by atoms with van der Waals surface area (Å²) in [7, 11) is 0. The van der Waals surface area contributed by atoms with Gasteiger partial charge in [0.25, 0.3) is 0 Å². The molecule has 0 aliphatic rings. The molecule has 0 unspecified atom stereocenters. The van der Waals surface area contributed by atoms with Crippen molar-refractivity contribution in [2.45, 2.75) is 39.7 Å². The maximum atomic E-state index is 11.0. The summed E-state index contributed by atoms with van der Waals surface area (Å²) >= 11 is 0. The van der Waals surface area contributed by atoms with Gasteiger partial charge in [0.15, 0.2) is 0 Å². The number of carbonyl (C=O) groups is 1. The number of unbranched alkanes of at least 4 members (excludes halogenated alkanes) is 1. The lowest BCUT2D eigenvalue weighted by Crippen LogP contribution is -2.16. The fourth-order valence-electron chi connectivity index (χ4n) is 1.87. The van der Waals surface area contributed by atoms with Crippen LogP contribution in [0.5, 0.6) is 0 Å². The minimum Gasteiger partial charge on any atom is -0.366 e. The minimum absolute atomic E-state index is 0.367. The highest BCUT2D eigenvalue weighted by Crippen LogP contribution is 2.06. The highest BCUT2D eigenvalue weighted by Gasteiger charge is 2.00. The fourth-order valence-corrected chi connectivity index (χ4v) is 1.87. The smallest absolute Gasteiger partial charge is 0.248 e. The molecule has 0 aromatic heterocycles. The van der Waals surface area contributed by atoms with Gasteiger partial charge in [-0.2, -0.15) is 0 Å². The molecule has 1 amide bonds. The van der Waals surface area contributed by atoms with Crippen LogP contribution in [0.15, 0.2) is 24.3 Å². The Hall–Kier alpha value is -1.35. The lowest BCUT2D eigenvalue weighted by Gasteiger charge is -2.07. The Bertz CT molecular complexity index is 375. The zero-order chi connectivity index (χ0) is 13.4. The lowest BCUT2D eigenvalue weighted by molar-refractivity contribution is 0.1000. The molecule has 100 valence electrons. The molecule has 0 aliphatic heterocycles. The largest absolute Gasteiger partial charge is 0.366 e. The van der Waals surface area contributed by atoms with E-state index in [4.69, 9.17) is 5.73 Å². The molecule has 0 saturated carbocycles. The Morgan fingerprint density at radius 3 is 2.78 bits per heavy atom. The molecule has 1 aromatic carbocycles. The van der Waals surface area contributed by atoms with Crippen LogP contribution in [0.25, 0.3) is 0 Å². The summed E-state index contributed by atoms with van der Waals surface area (Å²) < 4.78 is 0. The van der Waals surface area contributed by atoms with E-state index in [1.54, 1.807) is 6.07 Å². The van der Waals surface area contributed by atoms with E-state index in [1.165, 1.54) is 19.3 Å². The third kappa shape index (κ3) is 5.82. The van der Waals surface area contributed by atoms with Crippen LogP contribution in [0.1, 0.15) is 49.0 Å². The molecule has 0 fully saturated rings. The molecule has 1 rings (SSSR count). The Labute approximate surface area is 110 Å². The van der Waals surface area contributed by atoms with E-state index in [0.29, 0.717) is 5.56 Å². The third-order valence-electron chi connectivity index (χ3n) is 2.93. The summed E-state index contributed by atoms with van der Waals surface area (Å²) in [6.45, 7) is 6.32. The standard InChI is InChI=1S/C15H24N2O/c1-12(2)6-3-4-9-17-11-13-7-5-8-14(10-13)15(16)18/h5,7-8,10,12,17H,3-4,6,9,11H2,1-2H3,(H2,16,18). The summed E-state index contributed by atoms with van der Waals surface area (Å²) in [4.78, 5) is 11.0. The number of hydrogen-bond acceptors (Lipinski definition) is 2. The first-order valence-electron chi connectivity index (χ1n) is 6.69.